The molecular weight excluding hydrogens is 304 g/mol. The van der Waals surface area contributed by atoms with E-state index in [4.69, 9.17) is 17.0 Å². The van der Waals surface area contributed by atoms with E-state index in [9.17, 15) is 0 Å². The minimum atomic E-state index is 0.226. The minimum absolute atomic E-state index is 0.226. The number of hydrogen-bond donors (Lipinski definition) is 2. The Bertz CT molecular complexity index is 599. The first-order chi connectivity index (χ1) is 11.2. The van der Waals surface area contributed by atoms with E-state index < -0.39 is 0 Å². The van der Waals surface area contributed by atoms with Gasteiger partial charge in [-0.3, -0.25) is 0 Å². The number of ether oxygens (including phenoxy) is 1. The van der Waals surface area contributed by atoms with Crippen LogP contribution in [0.4, 0.5) is 5.69 Å². The summed E-state index contributed by atoms with van der Waals surface area (Å²) in [7, 11) is 0. The van der Waals surface area contributed by atoms with Crippen molar-refractivity contribution >= 4 is 23.0 Å². The van der Waals surface area contributed by atoms with Gasteiger partial charge in [0.15, 0.2) is 5.11 Å². The molecule has 0 aliphatic heterocycles. The van der Waals surface area contributed by atoms with Gasteiger partial charge in [-0.25, -0.2) is 0 Å². The average molecular weight is 328 g/mol. The van der Waals surface area contributed by atoms with Gasteiger partial charge in [-0.1, -0.05) is 43.7 Å². The molecular formula is C19H24N2OS. The second-order valence-electron chi connectivity index (χ2n) is 5.31. The molecule has 2 aromatic carbocycles. The predicted molar refractivity (Wildman–Crippen MR) is 101 cm³/mol. The van der Waals surface area contributed by atoms with Gasteiger partial charge in [0, 0.05) is 5.69 Å². The Morgan fingerprint density at radius 1 is 1.04 bits per heavy atom. The summed E-state index contributed by atoms with van der Waals surface area (Å²) in [5.74, 6) is 0.866. The van der Waals surface area contributed by atoms with Gasteiger partial charge in [0.25, 0.3) is 0 Å². The van der Waals surface area contributed by atoms with Crippen LogP contribution < -0.4 is 15.4 Å². The number of hydrogen-bond acceptors (Lipinski definition) is 2. The number of benzene rings is 2. The van der Waals surface area contributed by atoms with E-state index in [1.54, 1.807) is 0 Å². The molecule has 1 atom stereocenters. The van der Waals surface area contributed by atoms with E-state index in [0.29, 0.717) is 11.7 Å². The van der Waals surface area contributed by atoms with E-state index in [-0.39, 0.29) is 6.04 Å². The Kier molecular flexibility index (Phi) is 6.88. The molecule has 23 heavy (non-hydrogen) atoms. The molecule has 2 rings (SSSR count). The largest absolute Gasteiger partial charge is 0.494 e. The summed E-state index contributed by atoms with van der Waals surface area (Å²) >= 11 is 5.46. The molecule has 2 N–H and O–H groups in total. The molecule has 0 aromatic heterocycles. The molecule has 4 heteroatoms. The van der Waals surface area contributed by atoms with E-state index in [2.05, 4.69) is 41.8 Å². The maximum Gasteiger partial charge on any atom is 0.171 e. The van der Waals surface area contributed by atoms with Crippen LogP contribution in [0.2, 0.25) is 0 Å². The van der Waals surface area contributed by atoms with Crippen molar-refractivity contribution in [3.8, 4) is 5.75 Å². The quantitative estimate of drug-likeness (QED) is 0.707. The predicted octanol–water partition coefficient (Wildman–Crippen LogP) is 4.91. The lowest BCUT2D eigenvalue weighted by molar-refractivity contribution is 0.340. The highest BCUT2D eigenvalue weighted by Gasteiger charge is 2.11. The summed E-state index contributed by atoms with van der Waals surface area (Å²) < 4.78 is 5.44. The van der Waals surface area contributed by atoms with E-state index in [1.807, 2.05) is 37.3 Å². The molecule has 0 radical (unpaired) electrons. The summed E-state index contributed by atoms with van der Waals surface area (Å²) in [6.45, 7) is 4.83. The van der Waals surface area contributed by atoms with Gasteiger partial charge in [-0.05, 0) is 55.4 Å². The minimum Gasteiger partial charge on any atom is -0.494 e. The van der Waals surface area contributed by atoms with Crippen LogP contribution in [0.15, 0.2) is 54.6 Å². The third kappa shape index (κ3) is 5.57. The Balaban J connectivity index is 1.96. The zero-order valence-corrected chi connectivity index (χ0v) is 14.5. The maximum atomic E-state index is 5.46. The summed E-state index contributed by atoms with van der Waals surface area (Å²) in [5, 5.41) is 7.28. The molecule has 0 aliphatic carbocycles. The first-order valence-electron chi connectivity index (χ1n) is 8.08. The monoisotopic (exact) mass is 328 g/mol. The summed E-state index contributed by atoms with van der Waals surface area (Å²) in [4.78, 5) is 0. The van der Waals surface area contributed by atoms with Crippen molar-refractivity contribution in [2.45, 2.75) is 32.7 Å². The highest BCUT2D eigenvalue weighted by molar-refractivity contribution is 7.80. The zero-order chi connectivity index (χ0) is 16.5. The van der Waals surface area contributed by atoms with Crippen molar-refractivity contribution in [1.82, 2.24) is 5.32 Å². The average Bonchev–Trinajstić information content (AvgIpc) is 2.57. The van der Waals surface area contributed by atoms with Gasteiger partial charge in [0.2, 0.25) is 0 Å². The summed E-state index contributed by atoms with van der Waals surface area (Å²) in [6.07, 6.45) is 2.13. The fraction of sp³-hybridized carbons (Fsp3) is 0.316. The highest BCUT2D eigenvalue weighted by Crippen LogP contribution is 2.19. The van der Waals surface area contributed by atoms with Crippen molar-refractivity contribution in [2.24, 2.45) is 0 Å². The van der Waals surface area contributed by atoms with Gasteiger partial charge >= 0.3 is 0 Å². The second kappa shape index (κ2) is 9.16. The van der Waals surface area contributed by atoms with Crippen LogP contribution >= 0.6 is 12.2 Å². The fourth-order valence-electron chi connectivity index (χ4n) is 2.42. The molecule has 3 nitrogen and oxygen atoms in total. The Morgan fingerprint density at radius 2 is 1.74 bits per heavy atom. The topological polar surface area (TPSA) is 33.3 Å². The molecule has 2 aromatic rings. The maximum absolute atomic E-state index is 5.46. The normalized spacial score (nSPS) is 11.6. The lowest BCUT2D eigenvalue weighted by Crippen LogP contribution is -2.32. The second-order valence-corrected chi connectivity index (χ2v) is 5.72. The van der Waals surface area contributed by atoms with Crippen LogP contribution in [-0.4, -0.2) is 11.7 Å². The van der Waals surface area contributed by atoms with Crippen molar-refractivity contribution in [1.29, 1.82) is 0 Å². The van der Waals surface area contributed by atoms with Gasteiger partial charge in [0.1, 0.15) is 5.75 Å². The number of anilines is 1. The van der Waals surface area contributed by atoms with Gasteiger partial charge in [-0.15, -0.1) is 0 Å². The first kappa shape index (κ1) is 17.3. The Hall–Kier alpha value is -2.07. The molecule has 0 amide bonds. The molecule has 0 fully saturated rings. The number of thiocarbonyl (C=S) groups is 1. The summed E-state index contributed by atoms with van der Waals surface area (Å²) in [6, 6.07) is 18.5. The molecule has 0 aliphatic rings. The molecule has 0 heterocycles. The van der Waals surface area contributed by atoms with Crippen LogP contribution in [0.25, 0.3) is 0 Å². The number of rotatable bonds is 7. The molecule has 0 spiro atoms. The lowest BCUT2D eigenvalue weighted by Gasteiger charge is -2.21. The SMILES string of the molecule is CCC[C@H](NC(=S)Nc1ccc(OCC)cc1)c1ccccc1. The third-order valence-corrected chi connectivity index (χ3v) is 3.73. The molecule has 122 valence electrons. The third-order valence-electron chi connectivity index (χ3n) is 3.51. The molecule has 0 saturated heterocycles. The fourth-order valence-corrected chi connectivity index (χ4v) is 2.68. The number of nitrogens with one attached hydrogen (secondary N) is 2. The highest BCUT2D eigenvalue weighted by atomic mass is 32.1. The molecule has 0 saturated carbocycles. The van der Waals surface area contributed by atoms with Crippen LogP contribution in [0.1, 0.15) is 38.3 Å². The smallest absolute Gasteiger partial charge is 0.171 e. The van der Waals surface area contributed by atoms with Crippen LogP contribution in [-0.2, 0) is 0 Å². The summed E-state index contributed by atoms with van der Waals surface area (Å²) in [5.41, 5.74) is 2.21. The molecule has 0 bridgehead atoms. The van der Waals surface area contributed by atoms with Gasteiger partial charge in [0.05, 0.1) is 12.6 Å². The van der Waals surface area contributed by atoms with E-state index in [1.165, 1.54) is 5.56 Å². The van der Waals surface area contributed by atoms with Crippen molar-refractivity contribution in [2.75, 3.05) is 11.9 Å². The van der Waals surface area contributed by atoms with E-state index in [0.717, 1.165) is 24.3 Å². The standard InChI is InChI=1S/C19H24N2OS/c1-3-8-18(15-9-6-5-7-10-15)21-19(23)20-16-11-13-17(14-12-16)22-4-2/h5-7,9-14,18H,3-4,8H2,1-2H3,(H2,20,21,23)/t18-/m0/s1. The van der Waals surface area contributed by atoms with Crippen molar-refractivity contribution < 1.29 is 4.74 Å². The Morgan fingerprint density at radius 3 is 2.35 bits per heavy atom. The van der Waals surface area contributed by atoms with Crippen molar-refractivity contribution in [3.63, 3.8) is 0 Å². The Labute approximate surface area is 144 Å². The van der Waals surface area contributed by atoms with Crippen molar-refractivity contribution in [3.05, 3.63) is 60.2 Å². The van der Waals surface area contributed by atoms with Gasteiger partial charge < -0.3 is 15.4 Å². The lowest BCUT2D eigenvalue weighted by atomic mass is 10.0. The van der Waals surface area contributed by atoms with Gasteiger partial charge in [-0.2, -0.15) is 0 Å². The first-order valence-corrected chi connectivity index (χ1v) is 8.49. The van der Waals surface area contributed by atoms with Crippen LogP contribution in [0.5, 0.6) is 5.75 Å². The molecule has 0 unspecified atom stereocenters. The van der Waals surface area contributed by atoms with E-state index >= 15 is 0 Å². The zero-order valence-electron chi connectivity index (χ0n) is 13.7. The van der Waals surface area contributed by atoms with Crippen LogP contribution in [0.3, 0.4) is 0 Å². The van der Waals surface area contributed by atoms with Crippen LogP contribution in [0, 0.1) is 0 Å².